The van der Waals surface area contributed by atoms with Crippen LogP contribution in [0, 0.1) is 6.92 Å². The van der Waals surface area contributed by atoms with Crippen LogP contribution in [0.25, 0.3) is 0 Å². The van der Waals surface area contributed by atoms with Crippen LogP contribution in [0.5, 0.6) is 0 Å². The van der Waals surface area contributed by atoms with E-state index in [1.165, 1.54) is 50.0 Å². The Balaban J connectivity index is 1.82. The van der Waals surface area contributed by atoms with E-state index in [1.54, 1.807) is 0 Å². The SMILES string of the molecule is Cc1onc2c1CCC21CCN(C(C)C)CC1. The molecule has 1 spiro atoms. The van der Waals surface area contributed by atoms with Crippen molar-refractivity contribution < 1.29 is 4.52 Å². The molecule has 0 radical (unpaired) electrons. The molecule has 1 saturated heterocycles. The predicted octanol–water partition coefficient (Wildman–Crippen LogP) is 2.67. The molecular weight excluding hydrogens is 212 g/mol. The molecule has 17 heavy (non-hydrogen) atoms. The molecule has 1 aliphatic heterocycles. The van der Waals surface area contributed by atoms with Crippen molar-refractivity contribution in [3.05, 3.63) is 17.0 Å². The van der Waals surface area contributed by atoms with Crippen LogP contribution < -0.4 is 0 Å². The summed E-state index contributed by atoms with van der Waals surface area (Å²) in [5.74, 6) is 1.04. The first-order chi connectivity index (χ1) is 8.12. The van der Waals surface area contributed by atoms with Gasteiger partial charge < -0.3 is 9.42 Å². The molecule has 1 aliphatic carbocycles. The largest absolute Gasteiger partial charge is 0.361 e. The van der Waals surface area contributed by atoms with Gasteiger partial charge in [-0.25, -0.2) is 0 Å². The van der Waals surface area contributed by atoms with E-state index in [2.05, 4.69) is 23.9 Å². The summed E-state index contributed by atoms with van der Waals surface area (Å²) in [5, 5.41) is 4.35. The first-order valence-corrected chi connectivity index (χ1v) is 6.82. The van der Waals surface area contributed by atoms with Crippen LogP contribution in [0.3, 0.4) is 0 Å². The summed E-state index contributed by atoms with van der Waals surface area (Å²) in [6.45, 7) is 9.05. The summed E-state index contributed by atoms with van der Waals surface area (Å²) < 4.78 is 5.38. The van der Waals surface area contributed by atoms with E-state index in [9.17, 15) is 0 Å². The number of rotatable bonds is 1. The molecule has 0 atom stereocenters. The lowest BCUT2D eigenvalue weighted by molar-refractivity contribution is 0.124. The van der Waals surface area contributed by atoms with Gasteiger partial charge in [0.15, 0.2) is 0 Å². The van der Waals surface area contributed by atoms with Crippen molar-refractivity contribution in [1.82, 2.24) is 10.1 Å². The lowest BCUT2D eigenvalue weighted by atomic mass is 9.76. The lowest BCUT2D eigenvalue weighted by Crippen LogP contribution is -2.44. The average molecular weight is 234 g/mol. The van der Waals surface area contributed by atoms with E-state index in [0.29, 0.717) is 11.5 Å². The van der Waals surface area contributed by atoms with Gasteiger partial charge >= 0.3 is 0 Å². The molecule has 1 aromatic rings. The smallest absolute Gasteiger partial charge is 0.137 e. The van der Waals surface area contributed by atoms with Crippen LogP contribution >= 0.6 is 0 Å². The maximum atomic E-state index is 5.38. The normalized spacial score (nSPS) is 23.5. The Morgan fingerprint density at radius 2 is 1.94 bits per heavy atom. The number of aryl methyl sites for hydroxylation is 1. The fourth-order valence-corrected chi connectivity index (χ4v) is 3.54. The minimum atomic E-state index is 0.346. The Labute approximate surface area is 103 Å². The Hall–Kier alpha value is -0.830. The molecule has 1 aromatic heterocycles. The molecule has 0 unspecified atom stereocenters. The Morgan fingerprint density at radius 3 is 2.59 bits per heavy atom. The van der Waals surface area contributed by atoms with Gasteiger partial charge in [-0.1, -0.05) is 5.16 Å². The van der Waals surface area contributed by atoms with Crippen LogP contribution in [0.4, 0.5) is 0 Å². The highest BCUT2D eigenvalue weighted by atomic mass is 16.5. The monoisotopic (exact) mass is 234 g/mol. The first-order valence-electron chi connectivity index (χ1n) is 6.82. The highest BCUT2D eigenvalue weighted by Crippen LogP contribution is 2.46. The fourth-order valence-electron chi connectivity index (χ4n) is 3.54. The molecule has 94 valence electrons. The first kappa shape index (κ1) is 11.3. The van der Waals surface area contributed by atoms with Crippen LogP contribution in [0.15, 0.2) is 4.52 Å². The van der Waals surface area contributed by atoms with Crippen LogP contribution in [0.2, 0.25) is 0 Å². The molecule has 0 aromatic carbocycles. The molecule has 3 nitrogen and oxygen atoms in total. The maximum absolute atomic E-state index is 5.38. The molecular formula is C14H22N2O. The second-order valence-electron chi connectivity index (χ2n) is 5.98. The Bertz CT molecular complexity index is 414. The number of piperidine rings is 1. The molecule has 2 heterocycles. The summed E-state index contributed by atoms with van der Waals surface area (Å²) in [4.78, 5) is 2.58. The maximum Gasteiger partial charge on any atom is 0.137 e. The summed E-state index contributed by atoms with van der Waals surface area (Å²) in [6.07, 6.45) is 4.97. The van der Waals surface area contributed by atoms with Gasteiger partial charge in [0.2, 0.25) is 0 Å². The summed E-state index contributed by atoms with van der Waals surface area (Å²) >= 11 is 0. The summed E-state index contributed by atoms with van der Waals surface area (Å²) in [7, 11) is 0. The quantitative estimate of drug-likeness (QED) is 0.748. The topological polar surface area (TPSA) is 29.3 Å². The van der Waals surface area contributed by atoms with Crippen molar-refractivity contribution in [3.63, 3.8) is 0 Å². The van der Waals surface area contributed by atoms with Crippen molar-refractivity contribution in [3.8, 4) is 0 Å². The van der Waals surface area contributed by atoms with Gasteiger partial charge in [0.1, 0.15) is 5.76 Å². The van der Waals surface area contributed by atoms with E-state index < -0.39 is 0 Å². The molecule has 0 amide bonds. The van der Waals surface area contributed by atoms with E-state index in [4.69, 9.17) is 4.52 Å². The zero-order valence-corrected chi connectivity index (χ0v) is 11.1. The minimum absolute atomic E-state index is 0.346. The van der Waals surface area contributed by atoms with Gasteiger partial charge in [-0.3, -0.25) is 0 Å². The third-order valence-electron chi connectivity index (χ3n) is 4.83. The lowest BCUT2D eigenvalue weighted by Gasteiger charge is -2.40. The second-order valence-corrected chi connectivity index (χ2v) is 5.98. The van der Waals surface area contributed by atoms with Crippen LogP contribution in [-0.4, -0.2) is 29.2 Å². The molecule has 3 heteroatoms. The molecule has 2 aliphatic rings. The number of likely N-dealkylation sites (tertiary alicyclic amines) is 1. The molecule has 0 saturated carbocycles. The third-order valence-corrected chi connectivity index (χ3v) is 4.83. The minimum Gasteiger partial charge on any atom is -0.361 e. The van der Waals surface area contributed by atoms with Gasteiger partial charge in [0.25, 0.3) is 0 Å². The second kappa shape index (κ2) is 3.84. The molecule has 1 fully saturated rings. The van der Waals surface area contributed by atoms with Crippen molar-refractivity contribution in [1.29, 1.82) is 0 Å². The van der Waals surface area contributed by atoms with Gasteiger partial charge in [-0.05, 0) is 59.5 Å². The van der Waals surface area contributed by atoms with Crippen LogP contribution in [-0.2, 0) is 11.8 Å². The standard InChI is InChI=1S/C14H22N2O/c1-10(2)16-8-6-14(7-9-16)5-4-12-11(3)17-15-13(12)14/h10H,4-9H2,1-3H3. The number of hydrogen-bond acceptors (Lipinski definition) is 3. The fraction of sp³-hybridized carbons (Fsp3) is 0.786. The summed E-state index contributed by atoms with van der Waals surface area (Å²) in [5.41, 5.74) is 3.04. The zero-order valence-electron chi connectivity index (χ0n) is 11.1. The highest BCUT2D eigenvalue weighted by molar-refractivity contribution is 5.35. The molecule has 0 bridgehead atoms. The number of nitrogens with zero attached hydrogens (tertiary/aromatic N) is 2. The van der Waals surface area contributed by atoms with E-state index in [0.717, 1.165) is 5.76 Å². The van der Waals surface area contributed by atoms with E-state index >= 15 is 0 Å². The van der Waals surface area contributed by atoms with Crippen molar-refractivity contribution in [2.75, 3.05) is 13.1 Å². The van der Waals surface area contributed by atoms with Crippen LogP contribution in [0.1, 0.15) is 50.1 Å². The third kappa shape index (κ3) is 1.63. The molecule has 3 rings (SSSR count). The van der Waals surface area contributed by atoms with E-state index in [-0.39, 0.29) is 0 Å². The Kier molecular flexibility index (Phi) is 2.54. The van der Waals surface area contributed by atoms with E-state index in [1.807, 2.05) is 6.92 Å². The Morgan fingerprint density at radius 1 is 1.24 bits per heavy atom. The van der Waals surface area contributed by atoms with Gasteiger partial charge in [-0.2, -0.15) is 0 Å². The van der Waals surface area contributed by atoms with Crippen molar-refractivity contribution >= 4 is 0 Å². The van der Waals surface area contributed by atoms with Gasteiger partial charge in [-0.15, -0.1) is 0 Å². The van der Waals surface area contributed by atoms with Gasteiger partial charge in [0.05, 0.1) is 5.69 Å². The zero-order chi connectivity index (χ0) is 12.0. The molecule has 0 N–H and O–H groups in total. The van der Waals surface area contributed by atoms with Crippen molar-refractivity contribution in [2.24, 2.45) is 0 Å². The number of fused-ring (bicyclic) bond motifs is 2. The predicted molar refractivity (Wildman–Crippen MR) is 67.2 cm³/mol. The van der Waals surface area contributed by atoms with Crippen molar-refractivity contribution in [2.45, 2.75) is 57.9 Å². The van der Waals surface area contributed by atoms with Gasteiger partial charge in [0, 0.05) is 17.0 Å². The average Bonchev–Trinajstić information content (AvgIpc) is 2.84. The number of aromatic nitrogens is 1. The summed E-state index contributed by atoms with van der Waals surface area (Å²) in [6, 6.07) is 0.673. The highest BCUT2D eigenvalue weighted by Gasteiger charge is 2.44. The number of hydrogen-bond donors (Lipinski definition) is 0.